The Labute approximate surface area is 112 Å². The number of nitrogens with one attached hydrogen (secondary N) is 1. The van der Waals surface area contributed by atoms with E-state index in [9.17, 15) is 0 Å². The average molecular weight is 257 g/mol. The first kappa shape index (κ1) is 12.5. The van der Waals surface area contributed by atoms with Gasteiger partial charge >= 0.3 is 0 Å². The highest BCUT2D eigenvalue weighted by Gasteiger charge is 2.30. The topological polar surface area (TPSA) is 60.2 Å². The van der Waals surface area contributed by atoms with Crippen molar-refractivity contribution in [1.29, 1.82) is 0 Å². The van der Waals surface area contributed by atoms with E-state index in [1.807, 2.05) is 12.3 Å². The van der Waals surface area contributed by atoms with Crippen molar-refractivity contribution < 1.29 is 4.74 Å². The van der Waals surface area contributed by atoms with Gasteiger partial charge in [-0.3, -0.25) is 16.3 Å². The van der Waals surface area contributed by atoms with Crippen LogP contribution in [0, 0.1) is 0 Å². The summed E-state index contributed by atoms with van der Waals surface area (Å²) in [4.78, 5) is 4.39. The van der Waals surface area contributed by atoms with Crippen LogP contribution in [0.4, 0.5) is 0 Å². The zero-order valence-electron chi connectivity index (χ0n) is 11.0. The highest BCUT2D eigenvalue weighted by Crippen LogP contribution is 2.30. The van der Waals surface area contributed by atoms with Gasteiger partial charge in [-0.25, -0.2) is 0 Å². The van der Waals surface area contributed by atoms with Crippen molar-refractivity contribution >= 4 is 10.9 Å². The Hall–Kier alpha value is -1.49. The van der Waals surface area contributed by atoms with E-state index in [0.717, 1.165) is 29.3 Å². The number of fused-ring (bicyclic) bond motifs is 1. The van der Waals surface area contributed by atoms with E-state index in [-0.39, 0.29) is 12.1 Å². The fraction of sp³-hybridized carbons (Fsp3) is 0.400. The number of ether oxygens (including phenoxy) is 1. The summed E-state index contributed by atoms with van der Waals surface area (Å²) in [6, 6.07) is 10.3. The van der Waals surface area contributed by atoms with Crippen molar-refractivity contribution in [3.8, 4) is 0 Å². The van der Waals surface area contributed by atoms with Gasteiger partial charge in [0, 0.05) is 11.6 Å². The summed E-state index contributed by atoms with van der Waals surface area (Å²) in [6.45, 7) is 2.11. The van der Waals surface area contributed by atoms with Gasteiger partial charge in [0.1, 0.15) is 0 Å². The molecule has 19 heavy (non-hydrogen) atoms. The van der Waals surface area contributed by atoms with E-state index in [2.05, 4.69) is 41.6 Å². The molecular formula is C15H19N3O. The molecule has 0 saturated carbocycles. The maximum absolute atomic E-state index is 5.92. The first-order chi connectivity index (χ1) is 9.28. The van der Waals surface area contributed by atoms with E-state index in [1.54, 1.807) is 0 Å². The molecule has 0 amide bonds. The van der Waals surface area contributed by atoms with Gasteiger partial charge in [-0.1, -0.05) is 18.2 Å². The van der Waals surface area contributed by atoms with Crippen LogP contribution in [-0.2, 0) is 4.74 Å². The summed E-state index contributed by atoms with van der Waals surface area (Å²) >= 11 is 0. The van der Waals surface area contributed by atoms with E-state index in [0.29, 0.717) is 6.10 Å². The Kier molecular flexibility index (Phi) is 3.46. The van der Waals surface area contributed by atoms with Gasteiger partial charge in [0.15, 0.2) is 0 Å². The van der Waals surface area contributed by atoms with Crippen molar-refractivity contribution in [1.82, 2.24) is 10.4 Å². The molecule has 0 spiro atoms. The highest BCUT2D eigenvalue weighted by molar-refractivity contribution is 5.79. The number of rotatable bonds is 3. The van der Waals surface area contributed by atoms with Crippen LogP contribution in [0.25, 0.3) is 10.9 Å². The Morgan fingerprint density at radius 2 is 2.26 bits per heavy atom. The third-order valence-electron chi connectivity index (χ3n) is 3.81. The number of aromatic nitrogens is 1. The maximum Gasteiger partial charge on any atom is 0.0787 e. The van der Waals surface area contributed by atoms with Gasteiger partial charge in [0.2, 0.25) is 0 Å². The van der Waals surface area contributed by atoms with Crippen LogP contribution in [0.3, 0.4) is 0 Å². The van der Waals surface area contributed by atoms with Crippen LogP contribution in [0.2, 0.25) is 0 Å². The molecule has 1 aromatic heterocycles. The minimum Gasteiger partial charge on any atom is -0.373 e. The molecule has 1 aliphatic heterocycles. The second-order valence-corrected chi connectivity index (χ2v) is 5.16. The van der Waals surface area contributed by atoms with Gasteiger partial charge in [-0.15, -0.1) is 0 Å². The molecule has 3 unspecified atom stereocenters. The first-order valence-corrected chi connectivity index (χ1v) is 6.74. The highest BCUT2D eigenvalue weighted by atomic mass is 16.5. The summed E-state index contributed by atoms with van der Waals surface area (Å²) in [5.41, 5.74) is 5.02. The number of hydrogen-bond acceptors (Lipinski definition) is 4. The van der Waals surface area contributed by atoms with Gasteiger partial charge < -0.3 is 4.74 Å². The molecule has 100 valence electrons. The number of hydrazine groups is 1. The summed E-state index contributed by atoms with van der Waals surface area (Å²) < 4.78 is 5.92. The van der Waals surface area contributed by atoms with Crippen molar-refractivity contribution in [2.24, 2.45) is 5.84 Å². The molecule has 4 nitrogen and oxygen atoms in total. The molecule has 2 heterocycles. The lowest BCUT2D eigenvalue weighted by atomic mass is 9.98. The molecular weight excluding hydrogens is 238 g/mol. The summed E-state index contributed by atoms with van der Waals surface area (Å²) in [5.74, 6) is 5.72. The van der Waals surface area contributed by atoms with Crippen molar-refractivity contribution in [2.75, 3.05) is 0 Å². The predicted molar refractivity (Wildman–Crippen MR) is 75.4 cm³/mol. The molecule has 1 aromatic carbocycles. The lowest BCUT2D eigenvalue weighted by molar-refractivity contribution is 0.0316. The largest absolute Gasteiger partial charge is 0.373 e. The second kappa shape index (κ2) is 5.25. The number of pyridine rings is 1. The number of nitrogens with two attached hydrogens (primary N) is 1. The van der Waals surface area contributed by atoms with Gasteiger partial charge in [0.05, 0.1) is 23.8 Å². The predicted octanol–water partition coefficient (Wildman–Crippen LogP) is 2.31. The molecule has 0 bridgehead atoms. The average Bonchev–Trinajstić information content (AvgIpc) is 2.86. The van der Waals surface area contributed by atoms with Crippen LogP contribution in [0.5, 0.6) is 0 Å². The minimum absolute atomic E-state index is 0.0244. The molecule has 2 aromatic rings. The molecule has 4 heteroatoms. The fourth-order valence-corrected chi connectivity index (χ4v) is 2.77. The summed E-state index contributed by atoms with van der Waals surface area (Å²) in [5, 5.41) is 1.14. The molecule has 0 aliphatic carbocycles. The maximum atomic E-state index is 5.92. The SMILES string of the molecule is CC1CCC(C(NN)c2ccc3cccnc3c2)O1. The molecule has 1 aliphatic rings. The Morgan fingerprint density at radius 1 is 1.37 bits per heavy atom. The quantitative estimate of drug-likeness (QED) is 0.654. The zero-order chi connectivity index (χ0) is 13.2. The van der Waals surface area contributed by atoms with Crippen molar-refractivity contribution in [3.63, 3.8) is 0 Å². The molecule has 3 rings (SSSR count). The van der Waals surface area contributed by atoms with Crippen LogP contribution in [-0.4, -0.2) is 17.2 Å². The van der Waals surface area contributed by atoms with E-state index < -0.39 is 0 Å². The fourth-order valence-electron chi connectivity index (χ4n) is 2.77. The molecule has 1 saturated heterocycles. The van der Waals surface area contributed by atoms with E-state index >= 15 is 0 Å². The van der Waals surface area contributed by atoms with Crippen LogP contribution in [0.15, 0.2) is 36.5 Å². The standard InChI is InChI=1S/C15H19N3O/c1-10-4-7-14(19-10)15(18-16)12-6-5-11-3-2-8-17-13(11)9-12/h2-3,5-6,8-10,14-15,18H,4,7,16H2,1H3. The molecule has 0 radical (unpaired) electrons. The normalized spacial score (nSPS) is 24.7. The summed E-state index contributed by atoms with van der Waals surface area (Å²) in [6.07, 6.45) is 4.40. The number of hydrogen-bond donors (Lipinski definition) is 2. The number of nitrogens with zero attached hydrogens (tertiary/aromatic N) is 1. The Morgan fingerprint density at radius 3 is 3.00 bits per heavy atom. The van der Waals surface area contributed by atoms with Crippen molar-refractivity contribution in [2.45, 2.75) is 38.0 Å². The molecule has 3 N–H and O–H groups in total. The Balaban J connectivity index is 1.92. The summed E-state index contributed by atoms with van der Waals surface area (Å²) in [7, 11) is 0. The minimum atomic E-state index is 0.0244. The van der Waals surface area contributed by atoms with Crippen LogP contribution in [0.1, 0.15) is 31.4 Å². The van der Waals surface area contributed by atoms with E-state index in [1.165, 1.54) is 0 Å². The lowest BCUT2D eigenvalue weighted by Crippen LogP contribution is -2.36. The van der Waals surface area contributed by atoms with Crippen LogP contribution < -0.4 is 11.3 Å². The van der Waals surface area contributed by atoms with Crippen LogP contribution >= 0.6 is 0 Å². The second-order valence-electron chi connectivity index (χ2n) is 5.16. The van der Waals surface area contributed by atoms with Crippen molar-refractivity contribution in [3.05, 3.63) is 42.1 Å². The molecule has 1 fully saturated rings. The third kappa shape index (κ3) is 2.47. The Bertz CT molecular complexity index is 572. The monoisotopic (exact) mass is 257 g/mol. The zero-order valence-corrected chi connectivity index (χ0v) is 11.0. The lowest BCUT2D eigenvalue weighted by Gasteiger charge is -2.23. The first-order valence-electron chi connectivity index (χ1n) is 6.74. The molecule has 3 atom stereocenters. The van der Waals surface area contributed by atoms with Gasteiger partial charge in [-0.05, 0) is 37.5 Å². The number of benzene rings is 1. The van der Waals surface area contributed by atoms with Gasteiger partial charge in [-0.2, -0.15) is 0 Å². The van der Waals surface area contributed by atoms with E-state index in [4.69, 9.17) is 10.6 Å². The smallest absolute Gasteiger partial charge is 0.0787 e. The van der Waals surface area contributed by atoms with Gasteiger partial charge in [0.25, 0.3) is 0 Å². The third-order valence-corrected chi connectivity index (χ3v) is 3.81.